The van der Waals surface area contributed by atoms with Gasteiger partial charge in [-0.1, -0.05) is 12.1 Å². The summed E-state index contributed by atoms with van der Waals surface area (Å²) in [7, 11) is 0. The summed E-state index contributed by atoms with van der Waals surface area (Å²) in [6.45, 7) is 1.83. The lowest BCUT2D eigenvalue weighted by Gasteiger charge is -2.16. The van der Waals surface area contributed by atoms with E-state index in [1.807, 2.05) is 6.92 Å². The van der Waals surface area contributed by atoms with Gasteiger partial charge in [-0.3, -0.25) is 0 Å². The highest BCUT2D eigenvalue weighted by Gasteiger charge is 2.11. The molecule has 4 N–H and O–H groups in total. The average Bonchev–Trinajstić information content (AvgIpc) is 2.40. The Labute approximate surface area is 115 Å². The van der Waals surface area contributed by atoms with Crippen molar-refractivity contribution in [1.29, 1.82) is 0 Å². The number of carboxylic acid groups (broad SMARTS) is 1. The molecule has 1 atom stereocenters. The van der Waals surface area contributed by atoms with E-state index in [9.17, 15) is 9.18 Å². The number of nitrogens with zero attached hydrogens (tertiary/aromatic N) is 1. The third-order valence-corrected chi connectivity index (χ3v) is 2.87. The summed E-state index contributed by atoms with van der Waals surface area (Å²) in [5.74, 6) is -1.04. The number of halogens is 1. The van der Waals surface area contributed by atoms with Gasteiger partial charge in [-0.05, 0) is 30.7 Å². The van der Waals surface area contributed by atoms with E-state index in [0.29, 0.717) is 5.82 Å². The first-order valence-corrected chi connectivity index (χ1v) is 5.98. The summed E-state index contributed by atoms with van der Waals surface area (Å²) >= 11 is 0. The molecule has 0 saturated carbocycles. The van der Waals surface area contributed by atoms with Crippen LogP contribution in [0.15, 0.2) is 36.5 Å². The highest BCUT2D eigenvalue weighted by molar-refractivity contribution is 5.89. The second-order valence-corrected chi connectivity index (χ2v) is 4.39. The van der Waals surface area contributed by atoms with Crippen LogP contribution in [0.5, 0.6) is 0 Å². The van der Waals surface area contributed by atoms with Crippen molar-refractivity contribution in [3.05, 3.63) is 53.5 Å². The quantitative estimate of drug-likeness (QED) is 0.798. The van der Waals surface area contributed by atoms with E-state index in [1.165, 1.54) is 24.4 Å². The number of aromatic nitrogens is 1. The molecular weight excluding hydrogens is 261 g/mol. The zero-order valence-corrected chi connectivity index (χ0v) is 10.8. The largest absolute Gasteiger partial charge is 0.478 e. The predicted molar refractivity (Wildman–Crippen MR) is 74.0 cm³/mol. The predicted octanol–water partition coefficient (Wildman–Crippen LogP) is 2.67. The minimum absolute atomic E-state index is 0.0199. The van der Waals surface area contributed by atoms with Gasteiger partial charge in [0.25, 0.3) is 0 Å². The van der Waals surface area contributed by atoms with E-state index in [1.54, 1.807) is 12.1 Å². The van der Waals surface area contributed by atoms with Crippen molar-refractivity contribution in [2.75, 3.05) is 11.1 Å². The van der Waals surface area contributed by atoms with E-state index in [4.69, 9.17) is 10.8 Å². The summed E-state index contributed by atoms with van der Waals surface area (Å²) in [5.41, 5.74) is 6.75. The molecule has 20 heavy (non-hydrogen) atoms. The Morgan fingerprint density at radius 3 is 2.80 bits per heavy atom. The van der Waals surface area contributed by atoms with Crippen molar-refractivity contribution in [1.82, 2.24) is 4.98 Å². The fourth-order valence-electron chi connectivity index (χ4n) is 1.78. The van der Waals surface area contributed by atoms with Gasteiger partial charge < -0.3 is 16.2 Å². The van der Waals surface area contributed by atoms with Gasteiger partial charge in [0.05, 0.1) is 17.3 Å². The summed E-state index contributed by atoms with van der Waals surface area (Å²) < 4.78 is 13.2. The lowest BCUT2D eigenvalue weighted by Crippen LogP contribution is -2.11. The molecule has 0 aliphatic heterocycles. The highest BCUT2D eigenvalue weighted by Crippen LogP contribution is 2.23. The number of hydrogen-bond acceptors (Lipinski definition) is 4. The van der Waals surface area contributed by atoms with E-state index in [-0.39, 0.29) is 23.1 Å². The third-order valence-electron chi connectivity index (χ3n) is 2.87. The molecule has 0 spiro atoms. The van der Waals surface area contributed by atoms with Crippen molar-refractivity contribution in [2.24, 2.45) is 0 Å². The Morgan fingerprint density at radius 1 is 1.45 bits per heavy atom. The topological polar surface area (TPSA) is 88.2 Å². The van der Waals surface area contributed by atoms with Crippen LogP contribution in [0.1, 0.15) is 28.9 Å². The first-order chi connectivity index (χ1) is 9.47. The van der Waals surface area contributed by atoms with Crippen LogP contribution in [-0.4, -0.2) is 16.1 Å². The maximum absolute atomic E-state index is 13.2. The molecule has 0 saturated heterocycles. The monoisotopic (exact) mass is 275 g/mol. The van der Waals surface area contributed by atoms with Gasteiger partial charge >= 0.3 is 5.97 Å². The number of pyridine rings is 1. The Kier molecular flexibility index (Phi) is 3.84. The van der Waals surface area contributed by atoms with E-state index in [2.05, 4.69) is 10.3 Å². The van der Waals surface area contributed by atoms with Crippen LogP contribution in [0.3, 0.4) is 0 Å². The van der Waals surface area contributed by atoms with Crippen molar-refractivity contribution < 1.29 is 14.3 Å². The number of nitrogens with one attached hydrogen (secondary N) is 1. The lowest BCUT2D eigenvalue weighted by molar-refractivity contribution is 0.0696. The minimum Gasteiger partial charge on any atom is -0.478 e. The molecular formula is C14H14FN3O2. The van der Waals surface area contributed by atoms with Crippen molar-refractivity contribution in [3.8, 4) is 0 Å². The zero-order valence-electron chi connectivity index (χ0n) is 10.8. The summed E-state index contributed by atoms with van der Waals surface area (Å²) in [4.78, 5) is 14.8. The molecule has 0 fully saturated rings. The first-order valence-electron chi connectivity index (χ1n) is 5.98. The van der Waals surface area contributed by atoms with Crippen LogP contribution < -0.4 is 11.1 Å². The lowest BCUT2D eigenvalue weighted by atomic mass is 10.1. The summed E-state index contributed by atoms with van der Waals surface area (Å²) in [5, 5.41) is 11.9. The van der Waals surface area contributed by atoms with Gasteiger partial charge in [-0.25, -0.2) is 14.2 Å². The molecule has 6 heteroatoms. The standard InChI is InChI=1S/C14H14FN3O2/c1-8(9-3-2-4-11(15)5-9)18-13-12(16)6-10(7-17-13)14(19)20/h2-8H,16H2,1H3,(H,17,18)(H,19,20). The molecule has 1 unspecified atom stereocenters. The summed E-state index contributed by atoms with van der Waals surface area (Å²) in [6, 6.07) is 7.30. The number of hydrogen-bond donors (Lipinski definition) is 3. The van der Waals surface area contributed by atoms with Crippen LogP contribution >= 0.6 is 0 Å². The number of rotatable bonds is 4. The third kappa shape index (κ3) is 3.03. The number of anilines is 2. The molecule has 1 aromatic carbocycles. The molecule has 0 aliphatic rings. The van der Waals surface area contributed by atoms with Crippen LogP contribution in [0.4, 0.5) is 15.9 Å². The van der Waals surface area contributed by atoms with Gasteiger partial charge in [0, 0.05) is 6.20 Å². The highest BCUT2D eigenvalue weighted by atomic mass is 19.1. The molecule has 2 rings (SSSR count). The van der Waals surface area contributed by atoms with Crippen LogP contribution in [0.25, 0.3) is 0 Å². The van der Waals surface area contributed by atoms with Crippen molar-refractivity contribution >= 4 is 17.5 Å². The fourth-order valence-corrected chi connectivity index (χ4v) is 1.78. The second-order valence-electron chi connectivity index (χ2n) is 4.39. The number of aromatic carboxylic acids is 1. The number of nitrogen functional groups attached to an aromatic ring is 1. The molecule has 1 heterocycles. The van der Waals surface area contributed by atoms with Gasteiger partial charge in [-0.2, -0.15) is 0 Å². The average molecular weight is 275 g/mol. The molecule has 0 bridgehead atoms. The molecule has 104 valence electrons. The number of benzene rings is 1. The van der Waals surface area contributed by atoms with Crippen LogP contribution in [0, 0.1) is 5.82 Å². The maximum atomic E-state index is 13.2. The van der Waals surface area contributed by atoms with E-state index >= 15 is 0 Å². The molecule has 1 aromatic heterocycles. The minimum atomic E-state index is -1.09. The SMILES string of the molecule is CC(Nc1ncc(C(=O)O)cc1N)c1cccc(F)c1. The van der Waals surface area contributed by atoms with E-state index < -0.39 is 5.97 Å². The zero-order chi connectivity index (χ0) is 14.7. The number of carboxylic acids is 1. The fraction of sp³-hybridized carbons (Fsp3) is 0.143. The first kappa shape index (κ1) is 13.8. The number of carbonyl (C=O) groups is 1. The Morgan fingerprint density at radius 2 is 2.20 bits per heavy atom. The molecule has 5 nitrogen and oxygen atoms in total. The van der Waals surface area contributed by atoms with Gasteiger partial charge in [0.15, 0.2) is 0 Å². The molecule has 0 aliphatic carbocycles. The molecule has 0 radical (unpaired) electrons. The van der Waals surface area contributed by atoms with Crippen LogP contribution in [0.2, 0.25) is 0 Å². The second kappa shape index (κ2) is 5.56. The van der Waals surface area contributed by atoms with E-state index in [0.717, 1.165) is 5.56 Å². The van der Waals surface area contributed by atoms with Gasteiger partial charge in [0.2, 0.25) is 0 Å². The summed E-state index contributed by atoms with van der Waals surface area (Å²) in [6.07, 6.45) is 1.22. The Bertz CT molecular complexity index is 646. The number of nitrogens with two attached hydrogens (primary N) is 1. The Hall–Kier alpha value is -2.63. The normalized spacial score (nSPS) is 11.9. The van der Waals surface area contributed by atoms with Crippen molar-refractivity contribution in [2.45, 2.75) is 13.0 Å². The van der Waals surface area contributed by atoms with Gasteiger partial charge in [-0.15, -0.1) is 0 Å². The van der Waals surface area contributed by atoms with Crippen LogP contribution in [-0.2, 0) is 0 Å². The molecule has 0 amide bonds. The smallest absolute Gasteiger partial charge is 0.337 e. The van der Waals surface area contributed by atoms with Gasteiger partial charge in [0.1, 0.15) is 11.6 Å². The molecule has 2 aromatic rings. The van der Waals surface area contributed by atoms with Crippen molar-refractivity contribution in [3.63, 3.8) is 0 Å². The maximum Gasteiger partial charge on any atom is 0.337 e. The Balaban J connectivity index is 2.19.